The van der Waals surface area contributed by atoms with Gasteiger partial charge in [0.15, 0.2) is 22.4 Å². The largest absolute Gasteiger partial charge is 0.506 e. The molecule has 0 atom stereocenters. The normalized spacial score (nSPS) is 10.6. The van der Waals surface area contributed by atoms with Crippen LogP contribution in [0.15, 0.2) is 126 Å². The van der Waals surface area contributed by atoms with Crippen molar-refractivity contribution in [3.8, 4) is 11.5 Å². The van der Waals surface area contributed by atoms with Crippen molar-refractivity contribution in [2.24, 2.45) is 0 Å². The molecule has 0 aliphatic rings. The molecule has 5 N–H and O–H groups in total. The lowest BCUT2D eigenvalue weighted by molar-refractivity contribution is 0.0890. The first-order valence-corrected chi connectivity index (χ1v) is 15.9. The number of amides is 2. The lowest BCUT2D eigenvalue weighted by atomic mass is 10.1. The van der Waals surface area contributed by atoms with E-state index < -0.39 is 45.6 Å². The quantitative estimate of drug-likeness (QED) is 0.136. The van der Waals surface area contributed by atoms with Crippen molar-refractivity contribution in [2.75, 3.05) is 0 Å². The lowest BCUT2D eigenvalue weighted by Crippen LogP contribution is -2.36. The molecule has 266 valence electrons. The van der Waals surface area contributed by atoms with Gasteiger partial charge in [-0.1, -0.05) is 91.0 Å². The Balaban J connectivity index is 0.000000188. The van der Waals surface area contributed by atoms with Gasteiger partial charge in [0.25, 0.3) is 11.8 Å². The molecule has 53 heavy (non-hydrogen) atoms. The van der Waals surface area contributed by atoms with E-state index in [2.05, 4.69) is 30.6 Å². The number of fused-ring (bicyclic) bond motifs is 2. The van der Waals surface area contributed by atoms with Crippen molar-refractivity contribution in [1.29, 1.82) is 0 Å². The third-order valence-electron chi connectivity index (χ3n) is 7.81. The second-order valence-corrected chi connectivity index (χ2v) is 11.3. The van der Waals surface area contributed by atoms with Gasteiger partial charge in [0.2, 0.25) is 0 Å². The van der Waals surface area contributed by atoms with Gasteiger partial charge in [0.05, 0.1) is 10.8 Å². The number of hydrogen-bond acceptors (Lipinski definition) is 12. The zero-order chi connectivity index (χ0) is 37.3. The fourth-order valence-electron chi connectivity index (χ4n) is 5.16. The summed E-state index contributed by atoms with van der Waals surface area (Å²) in [6.45, 7) is 0.454. The highest BCUT2D eigenvalue weighted by Crippen LogP contribution is 2.25. The maximum Gasteiger partial charge on any atom is 0.301 e. The number of aromatic hydroxyl groups is 2. The molecule has 0 aliphatic carbocycles. The number of rotatable bonds is 9. The highest BCUT2D eigenvalue weighted by molar-refractivity contribution is 6.02. The summed E-state index contributed by atoms with van der Waals surface area (Å²) in [6, 6.07) is 27.6. The van der Waals surface area contributed by atoms with Crippen LogP contribution >= 0.6 is 0 Å². The first-order chi connectivity index (χ1) is 25.7. The Kier molecular flexibility index (Phi) is 10.6. The average Bonchev–Trinajstić information content (AvgIpc) is 3.20. The molecule has 3 aromatic carbocycles. The molecule has 0 unspecified atom stereocenters. The van der Waals surface area contributed by atoms with E-state index in [9.17, 15) is 34.6 Å². The predicted octanol–water partition coefficient (Wildman–Crippen LogP) is 2.72. The van der Waals surface area contributed by atoms with Crippen LogP contribution in [0.2, 0.25) is 0 Å². The molecular weight excluding hydrogens is 684 g/mol. The molecule has 0 radical (unpaired) electrons. The SMILES string of the molecule is O=C(NCc1ccccc1)c1c(O)c2cncnc2n(O)c1=O.O=C(NCc1ccccc1)c1c(O)c2cncnc2n(OCc2ccccc2)c1=O. The molecule has 0 bridgehead atoms. The first-order valence-electron chi connectivity index (χ1n) is 15.9. The molecule has 0 saturated heterocycles. The fourth-order valence-corrected chi connectivity index (χ4v) is 5.16. The van der Waals surface area contributed by atoms with Gasteiger partial charge in [0, 0.05) is 25.5 Å². The van der Waals surface area contributed by atoms with Gasteiger partial charge >= 0.3 is 11.1 Å². The van der Waals surface area contributed by atoms with Crippen molar-refractivity contribution in [2.45, 2.75) is 19.7 Å². The Morgan fingerprint density at radius 1 is 0.623 bits per heavy atom. The number of nitrogens with one attached hydrogen (secondary N) is 2. The number of nitrogens with zero attached hydrogens (tertiary/aromatic N) is 6. The van der Waals surface area contributed by atoms with Gasteiger partial charge in [-0.2, -0.15) is 0 Å². The Morgan fingerprint density at radius 3 is 1.57 bits per heavy atom. The van der Waals surface area contributed by atoms with Gasteiger partial charge in [-0.15, -0.1) is 9.46 Å². The van der Waals surface area contributed by atoms with Crippen LogP contribution in [0.3, 0.4) is 0 Å². The van der Waals surface area contributed by atoms with E-state index in [1.807, 2.05) is 78.9 Å². The summed E-state index contributed by atoms with van der Waals surface area (Å²) < 4.78 is 1.13. The molecule has 7 rings (SSSR count). The number of benzene rings is 3. The molecule has 0 aliphatic heterocycles. The second-order valence-electron chi connectivity index (χ2n) is 11.3. The van der Waals surface area contributed by atoms with Gasteiger partial charge in [0.1, 0.15) is 30.8 Å². The first kappa shape index (κ1) is 35.2. The molecule has 4 aromatic heterocycles. The van der Waals surface area contributed by atoms with Gasteiger partial charge in [-0.05, 0) is 16.7 Å². The molecular formula is C37H30N8O8. The third kappa shape index (κ3) is 7.76. The topological polar surface area (TPSA) is 224 Å². The summed E-state index contributed by atoms with van der Waals surface area (Å²) in [6.07, 6.45) is 4.88. The number of carbonyl (C=O) groups is 2. The molecule has 0 fully saturated rings. The molecule has 16 heteroatoms. The summed E-state index contributed by atoms with van der Waals surface area (Å²) in [5.41, 5.74) is -0.449. The molecule has 4 heterocycles. The Morgan fingerprint density at radius 2 is 1.06 bits per heavy atom. The minimum atomic E-state index is -1.06. The van der Waals surface area contributed by atoms with E-state index in [0.717, 1.165) is 27.7 Å². The van der Waals surface area contributed by atoms with Crippen molar-refractivity contribution < 1.29 is 29.8 Å². The van der Waals surface area contributed by atoms with Crippen LogP contribution in [0.25, 0.3) is 22.1 Å². The van der Waals surface area contributed by atoms with Crippen molar-refractivity contribution in [1.82, 2.24) is 40.0 Å². The molecule has 7 aromatic rings. The summed E-state index contributed by atoms with van der Waals surface area (Å²) in [5, 5.41) is 35.9. The number of carbonyl (C=O) groups excluding carboxylic acids is 2. The van der Waals surface area contributed by atoms with E-state index in [1.165, 1.54) is 18.7 Å². The Hall–Kier alpha value is -7.62. The maximum atomic E-state index is 13.0. The van der Waals surface area contributed by atoms with Crippen LogP contribution < -0.4 is 26.6 Å². The Bertz CT molecular complexity index is 2530. The van der Waals surface area contributed by atoms with Crippen LogP contribution in [0.4, 0.5) is 0 Å². The molecule has 16 nitrogen and oxygen atoms in total. The van der Waals surface area contributed by atoms with E-state index in [1.54, 1.807) is 12.1 Å². The lowest BCUT2D eigenvalue weighted by Gasteiger charge is -2.14. The van der Waals surface area contributed by atoms with Crippen molar-refractivity contribution in [3.63, 3.8) is 0 Å². The van der Waals surface area contributed by atoms with Gasteiger partial charge in [-0.3, -0.25) is 19.2 Å². The van der Waals surface area contributed by atoms with Crippen LogP contribution in [0, 0.1) is 0 Å². The summed E-state index contributed by atoms with van der Waals surface area (Å²) >= 11 is 0. The van der Waals surface area contributed by atoms with E-state index in [-0.39, 0.29) is 46.5 Å². The summed E-state index contributed by atoms with van der Waals surface area (Å²) in [7, 11) is 0. The minimum absolute atomic E-state index is 0.000499. The van der Waals surface area contributed by atoms with E-state index in [4.69, 9.17) is 4.84 Å². The van der Waals surface area contributed by atoms with Crippen LogP contribution in [-0.4, -0.2) is 56.6 Å². The number of hydrogen-bond donors (Lipinski definition) is 5. The maximum absolute atomic E-state index is 13.0. The van der Waals surface area contributed by atoms with E-state index in [0.29, 0.717) is 0 Å². The summed E-state index contributed by atoms with van der Waals surface area (Å²) in [5.74, 6) is -2.57. The van der Waals surface area contributed by atoms with E-state index >= 15 is 0 Å². The zero-order valence-electron chi connectivity index (χ0n) is 27.7. The molecule has 2 amide bonds. The predicted molar refractivity (Wildman–Crippen MR) is 190 cm³/mol. The van der Waals surface area contributed by atoms with Gasteiger partial charge in [-0.25, -0.2) is 19.9 Å². The van der Waals surface area contributed by atoms with Crippen LogP contribution in [-0.2, 0) is 19.7 Å². The number of pyridine rings is 2. The smallest absolute Gasteiger partial charge is 0.301 e. The number of aromatic nitrogens is 6. The fraction of sp³-hybridized carbons (Fsp3) is 0.0811. The highest BCUT2D eigenvalue weighted by atomic mass is 16.7. The zero-order valence-corrected chi connectivity index (χ0v) is 27.7. The standard InChI is InChI=1S/C22H18N4O4.C15H12N4O4/c27-19-17-12-23-14-25-20(17)26(30-13-16-9-5-2-6-10-16)22(29)18(19)21(28)24-11-15-7-3-1-4-8-15;20-12-10-7-16-8-18-13(10)19(23)15(22)11(12)14(21)17-6-9-4-2-1-3-5-9/h1-10,12,14,27H,11,13H2,(H,24,28);1-5,7-8,20,23H,6H2,(H,17,21). The van der Waals surface area contributed by atoms with Crippen LogP contribution in [0.1, 0.15) is 37.4 Å². The minimum Gasteiger partial charge on any atom is -0.506 e. The van der Waals surface area contributed by atoms with Gasteiger partial charge < -0.3 is 30.9 Å². The second kappa shape index (κ2) is 15.9. The van der Waals surface area contributed by atoms with Crippen molar-refractivity contribution in [3.05, 3.63) is 165 Å². The van der Waals surface area contributed by atoms with Crippen molar-refractivity contribution >= 4 is 33.9 Å². The van der Waals surface area contributed by atoms with Crippen LogP contribution in [0.5, 0.6) is 11.5 Å². The average molecular weight is 715 g/mol. The Labute approximate surface area is 299 Å². The molecule has 0 spiro atoms. The molecule has 0 saturated carbocycles. The monoisotopic (exact) mass is 714 g/mol. The summed E-state index contributed by atoms with van der Waals surface area (Å²) in [4.78, 5) is 71.1. The third-order valence-corrected chi connectivity index (χ3v) is 7.81. The highest BCUT2D eigenvalue weighted by Gasteiger charge is 2.25.